The molecule has 1 heterocycles. The zero-order chi connectivity index (χ0) is 18.5. The van der Waals surface area contributed by atoms with Crippen LogP contribution in [0.25, 0.3) is 10.9 Å². The molecule has 134 valence electrons. The second-order valence-corrected chi connectivity index (χ2v) is 5.52. The van der Waals surface area contributed by atoms with Gasteiger partial charge in [0.1, 0.15) is 12.1 Å². The van der Waals surface area contributed by atoms with Crippen molar-refractivity contribution in [2.75, 3.05) is 6.61 Å². The minimum Gasteiger partial charge on any atom is -0.463 e. The number of para-hydroxylation sites is 1. The van der Waals surface area contributed by atoms with Crippen LogP contribution in [-0.2, 0) is 20.9 Å². The summed E-state index contributed by atoms with van der Waals surface area (Å²) in [6.07, 6.45) is -0.0690. The molecule has 0 N–H and O–H groups in total. The quantitative estimate of drug-likeness (QED) is 0.635. The Kier molecular flexibility index (Phi) is 5.38. The largest absolute Gasteiger partial charge is 0.463 e. The number of aromatic nitrogens is 2. The smallest absolute Gasteiger partial charge is 0.357 e. The number of esters is 1. The summed E-state index contributed by atoms with van der Waals surface area (Å²) < 4.78 is 25.0. The molecule has 7 heteroatoms. The van der Waals surface area contributed by atoms with Crippen molar-refractivity contribution in [2.24, 2.45) is 0 Å². The lowest BCUT2D eigenvalue weighted by Crippen LogP contribution is -2.33. The molecule has 0 amide bonds. The van der Waals surface area contributed by atoms with Gasteiger partial charge in [-0.3, -0.25) is 9.36 Å². The molecule has 0 aliphatic heterocycles. The first-order valence-electron chi connectivity index (χ1n) is 8.08. The van der Waals surface area contributed by atoms with Crippen LogP contribution in [0.1, 0.15) is 18.7 Å². The Morgan fingerprint density at radius 3 is 2.81 bits per heavy atom. The number of rotatable bonds is 6. The maximum atomic E-state index is 13.3. The summed E-state index contributed by atoms with van der Waals surface area (Å²) in [7, 11) is 0. The minimum atomic E-state index is -1.32. The highest BCUT2D eigenvalue weighted by molar-refractivity contribution is 5.78. The van der Waals surface area contributed by atoms with Crippen LogP contribution in [0.2, 0.25) is 0 Å². The number of halogens is 1. The van der Waals surface area contributed by atoms with E-state index < -0.39 is 23.6 Å². The molecule has 0 aliphatic carbocycles. The first-order valence-corrected chi connectivity index (χ1v) is 8.08. The highest BCUT2D eigenvalue weighted by Crippen LogP contribution is 2.15. The topological polar surface area (TPSA) is 70.4 Å². The molecule has 26 heavy (non-hydrogen) atoms. The van der Waals surface area contributed by atoms with E-state index in [4.69, 9.17) is 9.47 Å². The van der Waals surface area contributed by atoms with E-state index in [1.54, 1.807) is 37.3 Å². The monoisotopic (exact) mass is 356 g/mol. The van der Waals surface area contributed by atoms with Gasteiger partial charge < -0.3 is 9.47 Å². The molecule has 3 rings (SSSR count). The average molecular weight is 356 g/mol. The first-order chi connectivity index (χ1) is 12.6. The number of benzene rings is 2. The van der Waals surface area contributed by atoms with Crippen LogP contribution in [0.15, 0.2) is 59.7 Å². The lowest BCUT2D eigenvalue weighted by Gasteiger charge is -2.19. The van der Waals surface area contributed by atoms with Gasteiger partial charge in [0.15, 0.2) is 0 Å². The van der Waals surface area contributed by atoms with Crippen molar-refractivity contribution in [1.29, 1.82) is 0 Å². The van der Waals surface area contributed by atoms with Gasteiger partial charge in [0.05, 0.1) is 24.1 Å². The van der Waals surface area contributed by atoms with Gasteiger partial charge >= 0.3 is 5.97 Å². The molecule has 1 aromatic heterocycles. The Morgan fingerprint density at radius 2 is 2.04 bits per heavy atom. The van der Waals surface area contributed by atoms with Gasteiger partial charge in [-0.15, -0.1) is 0 Å². The summed E-state index contributed by atoms with van der Waals surface area (Å²) in [5.74, 6) is -1.13. The lowest BCUT2D eigenvalue weighted by atomic mass is 10.2. The molecule has 0 saturated carbocycles. The maximum Gasteiger partial charge on any atom is 0.357 e. The van der Waals surface area contributed by atoms with Crippen LogP contribution in [0.3, 0.4) is 0 Å². The number of hydrogen-bond donors (Lipinski definition) is 0. The summed E-state index contributed by atoms with van der Waals surface area (Å²) in [5, 5.41) is 0.360. The van der Waals surface area contributed by atoms with Crippen LogP contribution >= 0.6 is 0 Å². The van der Waals surface area contributed by atoms with Crippen molar-refractivity contribution in [3.8, 4) is 0 Å². The Labute approximate surface area is 148 Å². The Bertz CT molecular complexity index is 986. The fourth-order valence-corrected chi connectivity index (χ4v) is 2.53. The Balaban J connectivity index is 1.95. The van der Waals surface area contributed by atoms with Crippen LogP contribution < -0.4 is 5.56 Å². The number of fused-ring (bicyclic) bond motifs is 1. The van der Waals surface area contributed by atoms with E-state index in [1.165, 1.54) is 24.5 Å². The van der Waals surface area contributed by atoms with Gasteiger partial charge in [-0.05, 0) is 36.8 Å². The molecule has 6 nitrogen and oxygen atoms in total. The van der Waals surface area contributed by atoms with Crippen molar-refractivity contribution in [1.82, 2.24) is 9.55 Å². The summed E-state index contributed by atoms with van der Waals surface area (Å²) in [6.45, 7) is 1.72. The molecular weight excluding hydrogens is 339 g/mol. The highest BCUT2D eigenvalue weighted by atomic mass is 19.1. The summed E-state index contributed by atoms with van der Waals surface area (Å²) >= 11 is 0. The van der Waals surface area contributed by atoms with Gasteiger partial charge in [0.25, 0.3) is 5.56 Å². The summed E-state index contributed by atoms with van der Waals surface area (Å²) in [4.78, 5) is 29.2. The van der Waals surface area contributed by atoms with Crippen molar-refractivity contribution in [2.45, 2.75) is 19.8 Å². The average Bonchev–Trinajstić information content (AvgIpc) is 2.64. The molecule has 3 aromatic rings. The van der Waals surface area contributed by atoms with Crippen LogP contribution in [0.4, 0.5) is 4.39 Å². The fourth-order valence-electron chi connectivity index (χ4n) is 2.53. The van der Waals surface area contributed by atoms with E-state index in [2.05, 4.69) is 4.98 Å². The van der Waals surface area contributed by atoms with Crippen LogP contribution in [-0.4, -0.2) is 22.1 Å². The number of carbonyl (C=O) groups is 1. The van der Waals surface area contributed by atoms with Gasteiger partial charge in [0.2, 0.25) is 6.23 Å². The second kappa shape index (κ2) is 7.88. The molecule has 1 unspecified atom stereocenters. The predicted molar refractivity (Wildman–Crippen MR) is 92.9 cm³/mol. The van der Waals surface area contributed by atoms with Gasteiger partial charge in [0, 0.05) is 0 Å². The molecule has 0 radical (unpaired) electrons. The van der Waals surface area contributed by atoms with Crippen molar-refractivity contribution >= 4 is 16.9 Å². The van der Waals surface area contributed by atoms with Gasteiger partial charge in [-0.1, -0.05) is 24.3 Å². The standard InChI is InChI=1S/C19H17FN2O4/c1-2-25-19(24)18(26-11-13-6-5-7-14(20)10-13)22-12-21-16-9-4-3-8-15(16)17(22)23/h3-10,12,18H,2,11H2,1H3. The highest BCUT2D eigenvalue weighted by Gasteiger charge is 2.25. The molecule has 0 saturated heterocycles. The Hall–Kier alpha value is -3.06. The molecule has 1 atom stereocenters. The minimum absolute atomic E-state index is 0.0689. The Morgan fingerprint density at radius 1 is 1.23 bits per heavy atom. The van der Waals surface area contributed by atoms with Crippen LogP contribution in [0, 0.1) is 5.82 Å². The third-order valence-corrected chi connectivity index (χ3v) is 3.73. The molecule has 2 aromatic carbocycles. The van der Waals surface area contributed by atoms with E-state index in [0.717, 1.165) is 4.57 Å². The van der Waals surface area contributed by atoms with E-state index >= 15 is 0 Å². The van der Waals surface area contributed by atoms with E-state index in [-0.39, 0.29) is 13.2 Å². The van der Waals surface area contributed by atoms with Crippen LogP contribution in [0.5, 0.6) is 0 Å². The lowest BCUT2D eigenvalue weighted by molar-refractivity contribution is -0.165. The van der Waals surface area contributed by atoms with E-state index in [0.29, 0.717) is 16.5 Å². The predicted octanol–water partition coefficient (Wildman–Crippen LogP) is 2.81. The van der Waals surface area contributed by atoms with Crippen molar-refractivity contribution in [3.63, 3.8) is 0 Å². The third kappa shape index (κ3) is 3.78. The normalized spacial score (nSPS) is 12.1. The van der Waals surface area contributed by atoms with Crippen molar-refractivity contribution in [3.05, 3.63) is 76.6 Å². The van der Waals surface area contributed by atoms with E-state index in [1.807, 2.05) is 0 Å². The van der Waals surface area contributed by atoms with Gasteiger partial charge in [-0.25, -0.2) is 14.2 Å². The molecule has 0 bridgehead atoms. The molecule has 0 fully saturated rings. The number of ether oxygens (including phenoxy) is 2. The summed E-state index contributed by atoms with van der Waals surface area (Å²) in [6, 6.07) is 12.6. The van der Waals surface area contributed by atoms with Gasteiger partial charge in [-0.2, -0.15) is 0 Å². The SMILES string of the molecule is CCOC(=O)C(OCc1cccc(F)c1)n1cnc2ccccc2c1=O. The number of nitrogens with zero attached hydrogens (tertiary/aromatic N) is 2. The number of carbonyl (C=O) groups excluding carboxylic acids is 1. The zero-order valence-corrected chi connectivity index (χ0v) is 14.1. The molecule has 0 aliphatic rings. The van der Waals surface area contributed by atoms with Crippen molar-refractivity contribution < 1.29 is 18.7 Å². The zero-order valence-electron chi connectivity index (χ0n) is 14.1. The molecule has 0 spiro atoms. The van der Waals surface area contributed by atoms with E-state index in [9.17, 15) is 14.0 Å². The summed E-state index contributed by atoms with van der Waals surface area (Å²) in [5.41, 5.74) is 0.621. The molecular formula is C19H17FN2O4. The number of hydrogen-bond acceptors (Lipinski definition) is 5. The third-order valence-electron chi connectivity index (χ3n) is 3.73. The fraction of sp³-hybridized carbons (Fsp3) is 0.211. The maximum absolute atomic E-state index is 13.3. The first kappa shape index (κ1) is 17.8. The second-order valence-electron chi connectivity index (χ2n) is 5.52.